The number of benzene rings is 3. The molecule has 6 heteroatoms. The second-order valence-electron chi connectivity index (χ2n) is 7.64. The maximum absolute atomic E-state index is 13.2. The van der Waals surface area contributed by atoms with Gasteiger partial charge in [0.25, 0.3) is 5.56 Å². The summed E-state index contributed by atoms with van der Waals surface area (Å²) in [6.45, 7) is 3.51. The monoisotopic (exact) mass is 429 g/mol. The van der Waals surface area contributed by atoms with Crippen molar-refractivity contribution >= 4 is 10.8 Å². The van der Waals surface area contributed by atoms with Crippen LogP contribution in [0.3, 0.4) is 0 Å². The highest BCUT2D eigenvalue weighted by atomic mass is 16.5. The standard InChI is InChI=1S/C26H27N3O3/c1-4-32-23-15-14-19(16-24(23)31-3)17-28(2)18-29-26(30)22-13-9-8-12-21(22)25(27-29)20-10-6-5-7-11-20/h5-16H,4,17-18H2,1-3H3. The van der Waals surface area contributed by atoms with E-state index in [4.69, 9.17) is 14.6 Å². The van der Waals surface area contributed by atoms with Crippen LogP contribution in [-0.2, 0) is 13.2 Å². The highest BCUT2D eigenvalue weighted by molar-refractivity contribution is 5.93. The number of nitrogens with zero attached hydrogens (tertiary/aromatic N) is 3. The van der Waals surface area contributed by atoms with Crippen molar-refractivity contribution < 1.29 is 9.47 Å². The minimum Gasteiger partial charge on any atom is -0.493 e. The molecule has 0 aliphatic heterocycles. The van der Waals surface area contributed by atoms with E-state index in [-0.39, 0.29) is 5.56 Å². The topological polar surface area (TPSA) is 56.6 Å². The zero-order valence-electron chi connectivity index (χ0n) is 18.6. The third-order valence-electron chi connectivity index (χ3n) is 5.27. The van der Waals surface area contributed by atoms with Crippen LogP contribution >= 0.6 is 0 Å². The van der Waals surface area contributed by atoms with Crippen molar-refractivity contribution in [1.82, 2.24) is 14.7 Å². The van der Waals surface area contributed by atoms with Gasteiger partial charge >= 0.3 is 0 Å². The van der Waals surface area contributed by atoms with E-state index in [1.165, 1.54) is 4.68 Å². The molecular formula is C26H27N3O3. The molecule has 0 amide bonds. The summed E-state index contributed by atoms with van der Waals surface area (Å²) in [5.74, 6) is 1.42. The molecule has 4 rings (SSSR count). The maximum atomic E-state index is 13.2. The van der Waals surface area contributed by atoms with Crippen LogP contribution in [-0.4, -0.2) is 35.4 Å². The molecule has 0 bridgehead atoms. The predicted molar refractivity (Wildman–Crippen MR) is 127 cm³/mol. The molecule has 0 radical (unpaired) electrons. The Hall–Kier alpha value is -3.64. The summed E-state index contributed by atoms with van der Waals surface area (Å²) < 4.78 is 12.6. The molecule has 0 N–H and O–H groups in total. The predicted octanol–water partition coefficient (Wildman–Crippen LogP) is 4.56. The van der Waals surface area contributed by atoms with Crippen molar-refractivity contribution in [1.29, 1.82) is 0 Å². The van der Waals surface area contributed by atoms with Crippen molar-refractivity contribution in [3.05, 3.63) is 88.7 Å². The van der Waals surface area contributed by atoms with Gasteiger partial charge in [0.1, 0.15) is 0 Å². The lowest BCUT2D eigenvalue weighted by Crippen LogP contribution is -2.32. The molecule has 164 valence electrons. The Labute approximate surface area is 187 Å². The van der Waals surface area contributed by atoms with Gasteiger partial charge in [0, 0.05) is 17.5 Å². The summed E-state index contributed by atoms with van der Waals surface area (Å²) in [4.78, 5) is 15.2. The van der Waals surface area contributed by atoms with Crippen LogP contribution in [0.4, 0.5) is 0 Å². The summed E-state index contributed by atoms with van der Waals surface area (Å²) in [6, 6.07) is 23.5. The quantitative estimate of drug-likeness (QED) is 0.411. The average Bonchev–Trinajstić information content (AvgIpc) is 2.82. The van der Waals surface area contributed by atoms with Gasteiger partial charge < -0.3 is 9.47 Å². The Balaban J connectivity index is 1.64. The van der Waals surface area contributed by atoms with Gasteiger partial charge in [-0.05, 0) is 37.7 Å². The van der Waals surface area contributed by atoms with Crippen LogP contribution < -0.4 is 15.0 Å². The summed E-state index contributed by atoms with van der Waals surface area (Å²) in [7, 11) is 3.60. The first-order valence-corrected chi connectivity index (χ1v) is 10.6. The molecule has 0 aliphatic rings. The Kier molecular flexibility index (Phi) is 6.52. The minimum absolute atomic E-state index is 0.101. The van der Waals surface area contributed by atoms with Gasteiger partial charge in [0.05, 0.1) is 31.5 Å². The lowest BCUT2D eigenvalue weighted by molar-refractivity contribution is 0.240. The van der Waals surface area contributed by atoms with Crippen LogP contribution in [0.25, 0.3) is 22.0 Å². The van der Waals surface area contributed by atoms with Crippen LogP contribution in [0.5, 0.6) is 11.5 Å². The molecule has 1 heterocycles. The molecule has 0 fully saturated rings. The van der Waals surface area contributed by atoms with E-state index in [1.54, 1.807) is 7.11 Å². The van der Waals surface area contributed by atoms with E-state index in [0.717, 1.165) is 28.0 Å². The van der Waals surface area contributed by atoms with Crippen molar-refractivity contribution in [2.24, 2.45) is 0 Å². The first-order valence-electron chi connectivity index (χ1n) is 10.6. The first-order chi connectivity index (χ1) is 15.6. The number of fused-ring (bicyclic) bond motifs is 1. The Morgan fingerprint density at radius 3 is 2.38 bits per heavy atom. The van der Waals surface area contributed by atoms with Crippen molar-refractivity contribution in [3.63, 3.8) is 0 Å². The molecule has 1 aromatic heterocycles. The molecule has 0 saturated carbocycles. The Morgan fingerprint density at radius 1 is 0.938 bits per heavy atom. The fourth-order valence-electron chi connectivity index (χ4n) is 3.82. The third kappa shape index (κ3) is 4.50. The van der Waals surface area contributed by atoms with Gasteiger partial charge in [0.15, 0.2) is 11.5 Å². The van der Waals surface area contributed by atoms with E-state index in [9.17, 15) is 4.79 Å². The van der Waals surface area contributed by atoms with E-state index in [2.05, 4.69) is 0 Å². The van der Waals surface area contributed by atoms with Crippen LogP contribution in [0.1, 0.15) is 12.5 Å². The van der Waals surface area contributed by atoms with Crippen molar-refractivity contribution in [2.75, 3.05) is 20.8 Å². The molecule has 0 aliphatic carbocycles. The first kappa shape index (κ1) is 21.6. The van der Waals surface area contributed by atoms with E-state index in [1.807, 2.05) is 91.7 Å². The summed E-state index contributed by atoms with van der Waals surface area (Å²) in [5, 5.41) is 6.27. The Bertz CT molecular complexity index is 1270. The van der Waals surface area contributed by atoms with Gasteiger partial charge in [-0.2, -0.15) is 5.10 Å². The van der Waals surface area contributed by atoms with Crippen LogP contribution in [0, 0.1) is 0 Å². The molecule has 32 heavy (non-hydrogen) atoms. The fourth-order valence-corrected chi connectivity index (χ4v) is 3.82. The lowest BCUT2D eigenvalue weighted by Gasteiger charge is -2.20. The summed E-state index contributed by atoms with van der Waals surface area (Å²) in [5.41, 5.74) is 2.75. The highest BCUT2D eigenvalue weighted by Gasteiger charge is 2.14. The van der Waals surface area contributed by atoms with Crippen LogP contribution in [0.2, 0.25) is 0 Å². The van der Waals surface area contributed by atoms with Gasteiger partial charge in [-0.25, -0.2) is 4.68 Å². The zero-order valence-corrected chi connectivity index (χ0v) is 18.6. The molecule has 0 unspecified atom stereocenters. The van der Waals surface area contributed by atoms with Gasteiger partial charge in [-0.3, -0.25) is 9.69 Å². The number of aromatic nitrogens is 2. The van der Waals surface area contributed by atoms with Crippen LogP contribution in [0.15, 0.2) is 77.6 Å². The zero-order chi connectivity index (χ0) is 22.5. The fraction of sp³-hybridized carbons (Fsp3) is 0.231. The van der Waals surface area contributed by atoms with E-state index < -0.39 is 0 Å². The smallest absolute Gasteiger partial charge is 0.275 e. The summed E-state index contributed by atoms with van der Waals surface area (Å²) in [6.07, 6.45) is 0. The number of rotatable bonds is 8. The Morgan fingerprint density at radius 2 is 1.66 bits per heavy atom. The number of ether oxygens (including phenoxy) is 2. The number of hydrogen-bond donors (Lipinski definition) is 0. The molecule has 0 atom stereocenters. The van der Waals surface area contributed by atoms with Gasteiger partial charge in [0.2, 0.25) is 0 Å². The third-order valence-corrected chi connectivity index (χ3v) is 5.27. The molecular weight excluding hydrogens is 402 g/mol. The SMILES string of the molecule is CCOc1ccc(CN(C)Cn2nc(-c3ccccc3)c3ccccc3c2=O)cc1OC. The van der Waals surface area contributed by atoms with E-state index >= 15 is 0 Å². The lowest BCUT2D eigenvalue weighted by atomic mass is 10.1. The number of hydrogen-bond acceptors (Lipinski definition) is 5. The normalized spacial score (nSPS) is 11.1. The molecule has 6 nitrogen and oxygen atoms in total. The molecule has 3 aromatic carbocycles. The highest BCUT2D eigenvalue weighted by Crippen LogP contribution is 2.28. The van der Waals surface area contributed by atoms with Crippen molar-refractivity contribution in [3.8, 4) is 22.8 Å². The van der Waals surface area contributed by atoms with Gasteiger partial charge in [-0.1, -0.05) is 54.6 Å². The maximum Gasteiger partial charge on any atom is 0.275 e. The summed E-state index contributed by atoms with van der Waals surface area (Å²) >= 11 is 0. The van der Waals surface area contributed by atoms with Crippen molar-refractivity contribution in [2.45, 2.75) is 20.1 Å². The largest absolute Gasteiger partial charge is 0.493 e. The second kappa shape index (κ2) is 9.66. The van der Waals surface area contributed by atoms with Gasteiger partial charge in [-0.15, -0.1) is 0 Å². The second-order valence-corrected chi connectivity index (χ2v) is 7.64. The molecule has 4 aromatic rings. The molecule has 0 saturated heterocycles. The number of methoxy groups -OCH3 is 1. The average molecular weight is 430 g/mol. The van der Waals surface area contributed by atoms with E-state index in [0.29, 0.717) is 31.0 Å². The molecule has 0 spiro atoms. The minimum atomic E-state index is -0.101.